The van der Waals surface area contributed by atoms with E-state index in [2.05, 4.69) is 9.97 Å². The van der Waals surface area contributed by atoms with Gasteiger partial charge >= 0.3 is 5.97 Å². The summed E-state index contributed by atoms with van der Waals surface area (Å²) in [6, 6.07) is 8.52. The van der Waals surface area contributed by atoms with E-state index < -0.39 is 5.97 Å². The molecule has 0 aliphatic carbocycles. The summed E-state index contributed by atoms with van der Waals surface area (Å²) in [6.07, 6.45) is 2.35. The highest BCUT2D eigenvalue weighted by Crippen LogP contribution is 2.28. The highest BCUT2D eigenvalue weighted by molar-refractivity contribution is 5.87. The molecule has 4 rings (SSSR count). The van der Waals surface area contributed by atoms with Crippen LogP contribution >= 0.6 is 0 Å². The van der Waals surface area contributed by atoms with E-state index in [0.717, 1.165) is 6.42 Å². The number of fused-ring (bicyclic) bond motifs is 1. The molecule has 1 unspecified atom stereocenters. The number of ether oxygens (including phenoxy) is 2. The molecule has 0 radical (unpaired) electrons. The summed E-state index contributed by atoms with van der Waals surface area (Å²) in [6.45, 7) is 1.31. The Morgan fingerprint density at radius 2 is 2.21 bits per heavy atom. The Kier molecular flexibility index (Phi) is 3.62. The van der Waals surface area contributed by atoms with Crippen molar-refractivity contribution in [2.75, 3.05) is 13.2 Å². The molecule has 7 heteroatoms. The first-order chi connectivity index (χ1) is 11.7. The fourth-order valence-electron chi connectivity index (χ4n) is 2.58. The van der Waals surface area contributed by atoms with Gasteiger partial charge in [-0.3, -0.25) is 0 Å². The number of oxazole rings is 1. The van der Waals surface area contributed by atoms with Crippen molar-refractivity contribution in [3.63, 3.8) is 0 Å². The third-order valence-corrected chi connectivity index (χ3v) is 3.78. The van der Waals surface area contributed by atoms with Gasteiger partial charge in [0.05, 0.1) is 13.2 Å². The van der Waals surface area contributed by atoms with Gasteiger partial charge in [0.1, 0.15) is 23.1 Å². The third-order valence-electron chi connectivity index (χ3n) is 3.78. The zero-order valence-electron chi connectivity index (χ0n) is 12.6. The maximum Gasteiger partial charge on any atom is 0.354 e. The van der Waals surface area contributed by atoms with Gasteiger partial charge in [-0.05, 0) is 24.3 Å². The van der Waals surface area contributed by atoms with Crippen LogP contribution in [0.3, 0.4) is 0 Å². The van der Waals surface area contributed by atoms with Gasteiger partial charge in [0.15, 0.2) is 5.58 Å². The fraction of sp³-hybridized carbons (Fsp3) is 0.235. The summed E-state index contributed by atoms with van der Waals surface area (Å²) >= 11 is 0. The van der Waals surface area contributed by atoms with Crippen molar-refractivity contribution in [2.45, 2.75) is 12.5 Å². The van der Waals surface area contributed by atoms with Crippen molar-refractivity contribution in [2.24, 2.45) is 0 Å². The molecule has 1 aliphatic rings. The lowest BCUT2D eigenvalue weighted by Gasteiger charge is -2.10. The number of carbonyl (C=O) groups is 1. The molecule has 1 atom stereocenters. The number of benzene rings is 1. The predicted molar refractivity (Wildman–Crippen MR) is 84.1 cm³/mol. The molecule has 0 amide bonds. The monoisotopic (exact) mass is 326 g/mol. The number of pyridine rings is 1. The number of aromatic nitrogens is 2. The molecule has 1 fully saturated rings. The molecule has 1 N–H and O–H groups in total. The Labute approximate surface area is 136 Å². The summed E-state index contributed by atoms with van der Waals surface area (Å²) in [5.74, 6) is -0.0552. The Bertz CT molecular complexity index is 899. The van der Waals surface area contributed by atoms with Crippen LogP contribution in [0.15, 0.2) is 40.9 Å². The molecule has 0 saturated carbocycles. The van der Waals surface area contributed by atoms with Crippen molar-refractivity contribution in [1.29, 1.82) is 0 Å². The van der Waals surface area contributed by atoms with Gasteiger partial charge in [-0.15, -0.1) is 0 Å². The zero-order chi connectivity index (χ0) is 16.5. The predicted octanol–water partition coefficient (Wildman–Crippen LogP) is 2.76. The van der Waals surface area contributed by atoms with Crippen LogP contribution < -0.4 is 4.74 Å². The van der Waals surface area contributed by atoms with E-state index in [4.69, 9.17) is 19.0 Å². The molecule has 122 valence electrons. The summed E-state index contributed by atoms with van der Waals surface area (Å²) in [4.78, 5) is 19.2. The van der Waals surface area contributed by atoms with Gasteiger partial charge in [0.25, 0.3) is 0 Å². The van der Waals surface area contributed by atoms with Gasteiger partial charge < -0.3 is 19.0 Å². The van der Waals surface area contributed by atoms with Crippen LogP contribution in [0.1, 0.15) is 16.9 Å². The molecule has 0 bridgehead atoms. The average molecular weight is 326 g/mol. The van der Waals surface area contributed by atoms with E-state index in [0.29, 0.717) is 41.5 Å². The maximum absolute atomic E-state index is 11.0. The first kappa shape index (κ1) is 14.6. The second-order valence-corrected chi connectivity index (χ2v) is 5.49. The lowest BCUT2D eigenvalue weighted by atomic mass is 10.2. The minimum absolute atomic E-state index is 0.0555. The number of hydrogen-bond donors (Lipinski definition) is 1. The van der Waals surface area contributed by atoms with E-state index >= 15 is 0 Å². The van der Waals surface area contributed by atoms with E-state index in [-0.39, 0.29) is 11.8 Å². The molecule has 2 aromatic heterocycles. The normalized spacial score (nSPS) is 17.2. The number of carboxylic acids is 1. The van der Waals surface area contributed by atoms with Gasteiger partial charge in [-0.2, -0.15) is 0 Å². The highest BCUT2D eigenvalue weighted by Gasteiger charge is 2.18. The molecule has 3 heterocycles. The largest absolute Gasteiger partial charge is 0.488 e. The minimum atomic E-state index is -1.09. The lowest BCUT2D eigenvalue weighted by molar-refractivity contribution is 0.0690. The molecule has 7 nitrogen and oxygen atoms in total. The maximum atomic E-state index is 11.0. The van der Waals surface area contributed by atoms with Crippen LogP contribution in [0.4, 0.5) is 0 Å². The van der Waals surface area contributed by atoms with Crippen LogP contribution in [0.25, 0.3) is 22.6 Å². The summed E-state index contributed by atoms with van der Waals surface area (Å²) < 4.78 is 16.9. The van der Waals surface area contributed by atoms with Crippen LogP contribution in [0.5, 0.6) is 5.75 Å². The molecule has 1 aromatic carbocycles. The van der Waals surface area contributed by atoms with Crippen molar-refractivity contribution < 1.29 is 23.8 Å². The Hall–Kier alpha value is -2.93. The Morgan fingerprint density at radius 1 is 1.29 bits per heavy atom. The summed E-state index contributed by atoms with van der Waals surface area (Å²) in [5, 5.41) is 9.03. The quantitative estimate of drug-likeness (QED) is 0.787. The standard InChI is InChI=1S/C17H14N2O5/c20-17(21)14-7-10(3-5-18-14)16-19-13-2-1-11(8-15(13)24-16)23-12-4-6-22-9-12/h1-3,5,7-8,12H,4,6,9H2,(H,20,21). The number of rotatable bonds is 4. The van der Waals surface area contributed by atoms with E-state index in [9.17, 15) is 4.79 Å². The fourth-order valence-corrected chi connectivity index (χ4v) is 2.58. The number of carboxylic acid groups (broad SMARTS) is 1. The summed E-state index contributed by atoms with van der Waals surface area (Å²) in [7, 11) is 0. The first-order valence-corrected chi connectivity index (χ1v) is 7.54. The second kappa shape index (κ2) is 5.93. The zero-order valence-corrected chi connectivity index (χ0v) is 12.6. The minimum Gasteiger partial charge on any atom is -0.488 e. The number of nitrogens with zero attached hydrogens (tertiary/aromatic N) is 2. The van der Waals surface area contributed by atoms with Gasteiger partial charge in [0, 0.05) is 24.2 Å². The molecule has 1 saturated heterocycles. The molecular weight excluding hydrogens is 312 g/mol. The average Bonchev–Trinajstić information content (AvgIpc) is 3.24. The van der Waals surface area contributed by atoms with Crippen molar-refractivity contribution in [3.05, 3.63) is 42.2 Å². The Balaban J connectivity index is 1.65. The van der Waals surface area contributed by atoms with Crippen LogP contribution in [-0.2, 0) is 4.74 Å². The smallest absolute Gasteiger partial charge is 0.354 e. The van der Waals surface area contributed by atoms with Gasteiger partial charge in [-0.25, -0.2) is 14.8 Å². The van der Waals surface area contributed by atoms with E-state index in [1.165, 1.54) is 12.3 Å². The molecule has 1 aliphatic heterocycles. The summed E-state index contributed by atoms with van der Waals surface area (Å²) in [5.41, 5.74) is 1.76. The molecule has 3 aromatic rings. The first-order valence-electron chi connectivity index (χ1n) is 7.54. The van der Waals surface area contributed by atoms with E-state index in [1.807, 2.05) is 12.1 Å². The second-order valence-electron chi connectivity index (χ2n) is 5.49. The molecule has 24 heavy (non-hydrogen) atoms. The number of hydrogen-bond acceptors (Lipinski definition) is 6. The van der Waals surface area contributed by atoms with Crippen LogP contribution in [-0.4, -0.2) is 40.4 Å². The van der Waals surface area contributed by atoms with E-state index in [1.54, 1.807) is 12.1 Å². The topological polar surface area (TPSA) is 94.7 Å². The molecule has 0 spiro atoms. The van der Waals surface area contributed by atoms with Crippen molar-refractivity contribution in [1.82, 2.24) is 9.97 Å². The van der Waals surface area contributed by atoms with Crippen LogP contribution in [0.2, 0.25) is 0 Å². The van der Waals surface area contributed by atoms with Crippen molar-refractivity contribution >= 4 is 17.1 Å². The SMILES string of the molecule is O=C(O)c1cc(-c2nc3ccc(OC4CCOC4)cc3o2)ccn1. The number of aromatic carboxylic acids is 1. The highest BCUT2D eigenvalue weighted by atomic mass is 16.5. The lowest BCUT2D eigenvalue weighted by Crippen LogP contribution is -2.15. The van der Waals surface area contributed by atoms with Gasteiger partial charge in [0.2, 0.25) is 5.89 Å². The van der Waals surface area contributed by atoms with Crippen LogP contribution in [0, 0.1) is 0 Å². The Morgan fingerprint density at radius 3 is 3.00 bits per heavy atom. The van der Waals surface area contributed by atoms with Crippen molar-refractivity contribution in [3.8, 4) is 17.2 Å². The third kappa shape index (κ3) is 2.81. The van der Waals surface area contributed by atoms with Gasteiger partial charge in [-0.1, -0.05) is 0 Å². The molecular formula is C17H14N2O5.